The van der Waals surface area contributed by atoms with Crippen LogP contribution in [0.2, 0.25) is 0 Å². The van der Waals surface area contributed by atoms with Crippen LogP contribution in [0.25, 0.3) is 0 Å². The van der Waals surface area contributed by atoms with Crippen molar-refractivity contribution in [1.29, 1.82) is 0 Å². The fourth-order valence-electron chi connectivity index (χ4n) is 1.04. The maximum Gasteiger partial charge on any atom is 0.257 e. The van der Waals surface area contributed by atoms with Gasteiger partial charge in [-0.2, -0.15) is 4.98 Å². The molecule has 1 aromatic heterocycles. The first-order chi connectivity index (χ1) is 6.67. The summed E-state index contributed by atoms with van der Waals surface area (Å²) in [6, 6.07) is 0. The Morgan fingerprint density at radius 1 is 1.57 bits per heavy atom. The van der Waals surface area contributed by atoms with Crippen molar-refractivity contribution in [2.45, 2.75) is 12.6 Å². The van der Waals surface area contributed by atoms with Crippen LogP contribution in [0.4, 0.5) is 0 Å². The number of hydrogen-bond acceptors (Lipinski definition) is 6. The van der Waals surface area contributed by atoms with Crippen molar-refractivity contribution >= 4 is 0 Å². The molecule has 1 heterocycles. The Labute approximate surface area is 83.0 Å². The van der Waals surface area contributed by atoms with Gasteiger partial charge in [0.25, 0.3) is 5.89 Å². The molecular weight excluding hydrogens is 184 g/mol. The first-order valence-corrected chi connectivity index (χ1v) is 4.37. The summed E-state index contributed by atoms with van der Waals surface area (Å²) in [6.45, 7) is 0.977. The highest BCUT2D eigenvalue weighted by Gasteiger charge is 2.16. The van der Waals surface area contributed by atoms with E-state index in [1.165, 1.54) is 0 Å². The van der Waals surface area contributed by atoms with Crippen LogP contribution in [0.5, 0.6) is 0 Å². The van der Waals surface area contributed by atoms with Crippen LogP contribution in [-0.4, -0.2) is 42.8 Å². The Morgan fingerprint density at radius 2 is 2.29 bits per heavy atom. The van der Waals surface area contributed by atoms with Crippen molar-refractivity contribution in [3.8, 4) is 0 Å². The highest BCUT2D eigenvalue weighted by atomic mass is 16.5. The molecule has 0 aliphatic rings. The number of hydrogen-bond donors (Lipinski definition) is 1. The summed E-state index contributed by atoms with van der Waals surface area (Å²) >= 11 is 0. The molecule has 0 aromatic carbocycles. The minimum atomic E-state index is -0.307. The van der Waals surface area contributed by atoms with Gasteiger partial charge in [0, 0.05) is 13.7 Å². The zero-order valence-electron chi connectivity index (χ0n) is 8.73. The molecule has 0 bridgehead atoms. The van der Waals surface area contributed by atoms with Gasteiger partial charge in [0.1, 0.15) is 6.10 Å². The van der Waals surface area contributed by atoms with E-state index >= 15 is 0 Å². The monoisotopic (exact) mass is 200 g/mol. The second-order valence-corrected chi connectivity index (χ2v) is 3.25. The lowest BCUT2D eigenvalue weighted by Crippen LogP contribution is -2.15. The van der Waals surface area contributed by atoms with Gasteiger partial charge in [-0.15, -0.1) is 0 Å². The second kappa shape index (κ2) is 5.04. The normalized spacial score (nSPS) is 13.5. The Hall–Kier alpha value is -0.980. The van der Waals surface area contributed by atoms with Gasteiger partial charge in [-0.05, 0) is 14.1 Å². The van der Waals surface area contributed by atoms with Gasteiger partial charge in [0.05, 0.1) is 6.54 Å². The third kappa shape index (κ3) is 2.76. The van der Waals surface area contributed by atoms with Crippen LogP contribution < -0.4 is 5.73 Å². The van der Waals surface area contributed by atoms with E-state index in [-0.39, 0.29) is 6.10 Å². The van der Waals surface area contributed by atoms with E-state index in [1.807, 2.05) is 19.0 Å². The molecule has 6 nitrogen and oxygen atoms in total. The number of ether oxygens (including phenoxy) is 1. The predicted octanol–water partition coefficient (Wildman–Crippen LogP) is -0.223. The number of nitrogens with two attached hydrogens (primary N) is 1. The Kier molecular flexibility index (Phi) is 3.99. The van der Waals surface area contributed by atoms with Crippen molar-refractivity contribution < 1.29 is 9.26 Å². The molecule has 0 aliphatic carbocycles. The molecule has 6 heteroatoms. The molecule has 1 aromatic rings. The van der Waals surface area contributed by atoms with E-state index in [0.29, 0.717) is 24.8 Å². The molecule has 0 saturated carbocycles. The zero-order chi connectivity index (χ0) is 10.6. The maximum absolute atomic E-state index is 5.46. The summed E-state index contributed by atoms with van der Waals surface area (Å²) in [4.78, 5) is 6.13. The third-order valence-electron chi connectivity index (χ3n) is 1.72. The first kappa shape index (κ1) is 11.1. The first-order valence-electron chi connectivity index (χ1n) is 4.37. The molecule has 0 spiro atoms. The molecule has 0 saturated heterocycles. The molecule has 14 heavy (non-hydrogen) atoms. The molecule has 1 rings (SSSR count). The smallest absolute Gasteiger partial charge is 0.257 e. The summed E-state index contributed by atoms with van der Waals surface area (Å²) < 4.78 is 10.1. The Balaban J connectivity index is 2.66. The average molecular weight is 200 g/mol. The largest absolute Gasteiger partial charge is 0.370 e. The topological polar surface area (TPSA) is 77.4 Å². The summed E-state index contributed by atoms with van der Waals surface area (Å²) in [6.07, 6.45) is -0.307. The molecule has 0 aliphatic heterocycles. The molecular formula is C8H16N4O2. The number of aromatic nitrogens is 2. The van der Waals surface area contributed by atoms with Gasteiger partial charge in [-0.3, -0.25) is 0 Å². The van der Waals surface area contributed by atoms with Crippen molar-refractivity contribution in [1.82, 2.24) is 15.0 Å². The van der Waals surface area contributed by atoms with Crippen molar-refractivity contribution in [3.05, 3.63) is 11.7 Å². The third-order valence-corrected chi connectivity index (χ3v) is 1.72. The van der Waals surface area contributed by atoms with Gasteiger partial charge in [0.15, 0.2) is 5.82 Å². The number of nitrogens with zero attached hydrogens (tertiary/aromatic N) is 3. The SMILES string of the molecule is COC(CN)c1nc(CN(C)C)no1. The highest BCUT2D eigenvalue weighted by molar-refractivity contribution is 4.90. The summed E-state index contributed by atoms with van der Waals surface area (Å²) in [5, 5.41) is 3.81. The van der Waals surface area contributed by atoms with E-state index in [4.69, 9.17) is 15.0 Å². The van der Waals surface area contributed by atoms with Crippen molar-refractivity contribution in [2.75, 3.05) is 27.7 Å². The van der Waals surface area contributed by atoms with E-state index in [1.54, 1.807) is 7.11 Å². The van der Waals surface area contributed by atoms with Crippen molar-refractivity contribution in [3.63, 3.8) is 0 Å². The van der Waals surface area contributed by atoms with E-state index in [0.717, 1.165) is 0 Å². The Bertz CT molecular complexity index is 270. The maximum atomic E-state index is 5.46. The average Bonchev–Trinajstić information content (AvgIpc) is 2.54. The zero-order valence-corrected chi connectivity index (χ0v) is 8.73. The summed E-state index contributed by atoms with van der Waals surface area (Å²) in [5.41, 5.74) is 5.46. The van der Waals surface area contributed by atoms with E-state index in [9.17, 15) is 0 Å². The second-order valence-electron chi connectivity index (χ2n) is 3.25. The minimum absolute atomic E-state index is 0.307. The van der Waals surface area contributed by atoms with Crippen LogP contribution in [0.3, 0.4) is 0 Å². The lowest BCUT2D eigenvalue weighted by atomic mass is 10.3. The predicted molar refractivity (Wildman–Crippen MR) is 50.5 cm³/mol. The fraction of sp³-hybridized carbons (Fsp3) is 0.750. The van der Waals surface area contributed by atoms with Gasteiger partial charge < -0.3 is 19.9 Å². The number of rotatable bonds is 5. The summed E-state index contributed by atoms with van der Waals surface area (Å²) in [7, 11) is 5.44. The van der Waals surface area contributed by atoms with Crippen LogP contribution in [0.1, 0.15) is 17.8 Å². The summed E-state index contributed by atoms with van der Waals surface area (Å²) in [5.74, 6) is 1.08. The van der Waals surface area contributed by atoms with Gasteiger partial charge in [-0.1, -0.05) is 5.16 Å². The molecule has 1 unspecified atom stereocenters. The highest BCUT2D eigenvalue weighted by Crippen LogP contribution is 2.12. The van der Waals surface area contributed by atoms with Crippen LogP contribution in [0, 0.1) is 0 Å². The minimum Gasteiger partial charge on any atom is -0.370 e. The lowest BCUT2D eigenvalue weighted by molar-refractivity contribution is 0.0803. The van der Waals surface area contributed by atoms with E-state index in [2.05, 4.69) is 10.1 Å². The molecule has 0 amide bonds. The fourth-order valence-corrected chi connectivity index (χ4v) is 1.04. The standard InChI is InChI=1S/C8H16N4O2/c1-12(2)5-7-10-8(14-11-7)6(4-9)13-3/h6H,4-5,9H2,1-3H3. The Morgan fingerprint density at radius 3 is 2.79 bits per heavy atom. The molecule has 0 radical (unpaired) electrons. The van der Waals surface area contributed by atoms with Crippen LogP contribution in [0.15, 0.2) is 4.52 Å². The molecule has 2 N–H and O–H groups in total. The molecule has 0 fully saturated rings. The van der Waals surface area contributed by atoms with Crippen LogP contribution >= 0.6 is 0 Å². The quantitative estimate of drug-likeness (QED) is 0.708. The van der Waals surface area contributed by atoms with Crippen molar-refractivity contribution in [2.24, 2.45) is 5.73 Å². The van der Waals surface area contributed by atoms with Crippen LogP contribution in [-0.2, 0) is 11.3 Å². The molecule has 1 atom stereocenters. The number of methoxy groups -OCH3 is 1. The van der Waals surface area contributed by atoms with Gasteiger partial charge >= 0.3 is 0 Å². The van der Waals surface area contributed by atoms with Gasteiger partial charge in [-0.25, -0.2) is 0 Å². The van der Waals surface area contributed by atoms with Gasteiger partial charge in [0.2, 0.25) is 0 Å². The lowest BCUT2D eigenvalue weighted by Gasteiger charge is -2.06. The van der Waals surface area contributed by atoms with E-state index < -0.39 is 0 Å². The molecule has 80 valence electrons.